The molecule has 20 heavy (non-hydrogen) atoms. The van der Waals surface area contributed by atoms with Crippen molar-refractivity contribution in [3.63, 3.8) is 0 Å². The minimum Gasteiger partial charge on any atom is -0.369 e. The minimum absolute atomic E-state index is 0.0942. The van der Waals surface area contributed by atoms with Gasteiger partial charge in [0.1, 0.15) is 5.82 Å². The summed E-state index contributed by atoms with van der Waals surface area (Å²) in [5.41, 5.74) is 1.86. The molecule has 1 aromatic carbocycles. The first kappa shape index (κ1) is 15.3. The maximum atomic E-state index is 14.3. The summed E-state index contributed by atoms with van der Waals surface area (Å²) >= 11 is 0. The zero-order valence-electron chi connectivity index (χ0n) is 13.0. The lowest BCUT2D eigenvalue weighted by molar-refractivity contribution is 0.546. The highest BCUT2D eigenvalue weighted by Crippen LogP contribution is 2.31. The summed E-state index contributed by atoms with van der Waals surface area (Å²) in [6, 6.07) is 5.92. The van der Waals surface area contributed by atoms with Crippen molar-refractivity contribution in [2.75, 3.05) is 18.5 Å². The van der Waals surface area contributed by atoms with Crippen molar-refractivity contribution in [2.45, 2.75) is 52.1 Å². The monoisotopic (exact) mass is 278 g/mol. The Bertz CT molecular complexity index is 425. The van der Waals surface area contributed by atoms with Crippen molar-refractivity contribution in [3.8, 4) is 0 Å². The van der Waals surface area contributed by atoms with E-state index >= 15 is 0 Å². The summed E-state index contributed by atoms with van der Waals surface area (Å²) in [6.45, 7) is 6.07. The van der Waals surface area contributed by atoms with Gasteiger partial charge in [0.25, 0.3) is 0 Å². The third-order valence-corrected chi connectivity index (χ3v) is 4.16. The van der Waals surface area contributed by atoms with E-state index in [1.807, 2.05) is 19.2 Å². The van der Waals surface area contributed by atoms with E-state index in [9.17, 15) is 4.39 Å². The second kappa shape index (κ2) is 7.07. The fourth-order valence-corrected chi connectivity index (χ4v) is 3.07. The molecule has 0 aromatic heterocycles. The first-order chi connectivity index (χ1) is 9.59. The van der Waals surface area contributed by atoms with Crippen LogP contribution in [0, 0.1) is 11.7 Å². The molecule has 112 valence electrons. The Balaban J connectivity index is 2.12. The number of halogens is 1. The van der Waals surface area contributed by atoms with E-state index < -0.39 is 0 Å². The van der Waals surface area contributed by atoms with Crippen LogP contribution in [0.5, 0.6) is 0 Å². The van der Waals surface area contributed by atoms with Crippen LogP contribution >= 0.6 is 0 Å². The molecule has 1 saturated carbocycles. The molecule has 3 heteroatoms. The molecule has 0 bridgehead atoms. The summed E-state index contributed by atoms with van der Waals surface area (Å²) in [7, 11) is 2.04. The summed E-state index contributed by atoms with van der Waals surface area (Å²) < 4.78 is 14.3. The van der Waals surface area contributed by atoms with E-state index in [4.69, 9.17) is 0 Å². The van der Waals surface area contributed by atoms with Gasteiger partial charge >= 0.3 is 0 Å². The first-order valence-corrected chi connectivity index (χ1v) is 7.80. The zero-order chi connectivity index (χ0) is 14.5. The predicted molar refractivity (Wildman–Crippen MR) is 83.6 cm³/mol. The Labute approximate surface area is 122 Å². The van der Waals surface area contributed by atoms with Crippen LogP contribution in [0.1, 0.15) is 45.1 Å². The van der Waals surface area contributed by atoms with Crippen LogP contribution in [0.25, 0.3) is 0 Å². The van der Waals surface area contributed by atoms with E-state index in [0.29, 0.717) is 12.0 Å². The molecule has 1 aliphatic carbocycles. The van der Waals surface area contributed by atoms with Crippen molar-refractivity contribution in [1.82, 2.24) is 5.32 Å². The van der Waals surface area contributed by atoms with Gasteiger partial charge in [0.2, 0.25) is 0 Å². The molecule has 1 fully saturated rings. The molecule has 0 atom stereocenters. The van der Waals surface area contributed by atoms with E-state index in [-0.39, 0.29) is 5.82 Å². The van der Waals surface area contributed by atoms with Gasteiger partial charge in [-0.1, -0.05) is 38.8 Å². The van der Waals surface area contributed by atoms with Crippen molar-refractivity contribution in [2.24, 2.45) is 5.92 Å². The molecule has 1 aromatic rings. The van der Waals surface area contributed by atoms with Gasteiger partial charge in [-0.3, -0.25) is 0 Å². The molecule has 0 aliphatic heterocycles. The second-order valence-electron chi connectivity index (χ2n) is 6.32. The topological polar surface area (TPSA) is 15.3 Å². The standard InChI is InChI=1S/C17H27FN2/c1-13(2)11-19-12-14-7-6-10-16(18)17(14)20(3)15-8-4-5-9-15/h6-7,10,13,15,19H,4-5,8-9,11-12H2,1-3H3. The van der Waals surface area contributed by atoms with Crippen LogP contribution in [0.3, 0.4) is 0 Å². The van der Waals surface area contributed by atoms with Gasteiger partial charge in [-0.2, -0.15) is 0 Å². The van der Waals surface area contributed by atoms with Crippen molar-refractivity contribution in [3.05, 3.63) is 29.6 Å². The quantitative estimate of drug-likeness (QED) is 0.847. The van der Waals surface area contributed by atoms with Crippen LogP contribution in [-0.2, 0) is 6.54 Å². The van der Waals surface area contributed by atoms with Gasteiger partial charge in [0, 0.05) is 19.6 Å². The number of hydrogen-bond donors (Lipinski definition) is 1. The van der Waals surface area contributed by atoms with E-state index in [0.717, 1.165) is 24.3 Å². The smallest absolute Gasteiger partial charge is 0.146 e. The molecular weight excluding hydrogens is 251 g/mol. The van der Waals surface area contributed by atoms with Crippen LogP contribution in [-0.4, -0.2) is 19.6 Å². The number of anilines is 1. The lowest BCUT2D eigenvalue weighted by Crippen LogP contribution is -2.31. The number of nitrogens with one attached hydrogen (secondary N) is 1. The zero-order valence-corrected chi connectivity index (χ0v) is 13.0. The highest BCUT2D eigenvalue weighted by atomic mass is 19.1. The van der Waals surface area contributed by atoms with E-state index in [1.165, 1.54) is 25.7 Å². The molecular formula is C17H27FN2. The Morgan fingerprint density at radius 3 is 2.65 bits per heavy atom. The first-order valence-electron chi connectivity index (χ1n) is 7.80. The minimum atomic E-state index is -0.0942. The van der Waals surface area contributed by atoms with E-state index in [1.54, 1.807) is 6.07 Å². The summed E-state index contributed by atoms with van der Waals surface area (Å²) in [6.07, 6.45) is 4.90. The molecule has 0 radical (unpaired) electrons. The number of hydrogen-bond acceptors (Lipinski definition) is 2. The largest absolute Gasteiger partial charge is 0.369 e. The Hall–Kier alpha value is -1.09. The molecule has 0 amide bonds. The number of nitrogens with zero attached hydrogens (tertiary/aromatic N) is 1. The molecule has 2 rings (SSSR count). The Kier molecular flexibility index (Phi) is 5.41. The highest BCUT2D eigenvalue weighted by Gasteiger charge is 2.23. The molecule has 1 N–H and O–H groups in total. The molecule has 0 heterocycles. The normalized spacial score (nSPS) is 16.1. The van der Waals surface area contributed by atoms with Gasteiger partial charge in [-0.05, 0) is 36.9 Å². The third-order valence-electron chi connectivity index (χ3n) is 4.16. The van der Waals surface area contributed by atoms with Gasteiger partial charge < -0.3 is 10.2 Å². The fraction of sp³-hybridized carbons (Fsp3) is 0.647. The van der Waals surface area contributed by atoms with Crippen molar-refractivity contribution < 1.29 is 4.39 Å². The number of rotatable bonds is 6. The summed E-state index contributed by atoms with van der Waals surface area (Å²) in [5.74, 6) is 0.516. The maximum Gasteiger partial charge on any atom is 0.146 e. The second-order valence-corrected chi connectivity index (χ2v) is 6.32. The summed E-state index contributed by atoms with van der Waals surface area (Å²) in [4.78, 5) is 2.16. The van der Waals surface area contributed by atoms with Crippen LogP contribution in [0.2, 0.25) is 0 Å². The van der Waals surface area contributed by atoms with Gasteiger partial charge in [-0.15, -0.1) is 0 Å². The molecule has 2 nitrogen and oxygen atoms in total. The highest BCUT2D eigenvalue weighted by molar-refractivity contribution is 5.55. The lowest BCUT2D eigenvalue weighted by Gasteiger charge is -2.29. The molecule has 0 unspecified atom stereocenters. The SMILES string of the molecule is CC(C)CNCc1cccc(F)c1N(C)C1CCCC1. The van der Waals surface area contributed by atoms with Gasteiger partial charge in [-0.25, -0.2) is 4.39 Å². The fourth-order valence-electron chi connectivity index (χ4n) is 3.07. The number of para-hydroxylation sites is 1. The van der Waals surface area contributed by atoms with Gasteiger partial charge in [0.05, 0.1) is 5.69 Å². The van der Waals surface area contributed by atoms with Crippen LogP contribution < -0.4 is 10.2 Å². The Morgan fingerprint density at radius 1 is 1.30 bits per heavy atom. The predicted octanol–water partition coefficient (Wildman–Crippen LogP) is 3.95. The van der Waals surface area contributed by atoms with Gasteiger partial charge in [0.15, 0.2) is 0 Å². The summed E-state index contributed by atoms with van der Waals surface area (Å²) in [5, 5.41) is 3.42. The Morgan fingerprint density at radius 2 is 2.00 bits per heavy atom. The molecule has 0 saturated heterocycles. The average molecular weight is 278 g/mol. The van der Waals surface area contributed by atoms with Crippen molar-refractivity contribution in [1.29, 1.82) is 0 Å². The molecule has 0 spiro atoms. The van der Waals surface area contributed by atoms with Crippen LogP contribution in [0.4, 0.5) is 10.1 Å². The molecule has 1 aliphatic rings. The average Bonchev–Trinajstić information content (AvgIpc) is 2.91. The maximum absolute atomic E-state index is 14.3. The lowest BCUT2D eigenvalue weighted by atomic mass is 10.1. The van der Waals surface area contributed by atoms with Crippen molar-refractivity contribution >= 4 is 5.69 Å². The number of benzene rings is 1. The van der Waals surface area contributed by atoms with E-state index in [2.05, 4.69) is 24.1 Å². The van der Waals surface area contributed by atoms with Crippen LogP contribution in [0.15, 0.2) is 18.2 Å². The third kappa shape index (κ3) is 3.72.